The summed E-state index contributed by atoms with van der Waals surface area (Å²) in [4.78, 5) is -0.902. The molecular weight excluding hydrogens is 817 g/mol. The fraction of sp³-hybridized carbons (Fsp3) is 0.478. The molecule has 4 aromatic carbocycles. The second kappa shape index (κ2) is 28.6. The molecule has 0 aliphatic carbocycles. The maximum atomic E-state index is 11.6. The molecular formula is C46H62CaO10S2. The molecule has 0 aliphatic heterocycles. The number of benzene rings is 4. The first kappa shape index (κ1) is 52.3. The van der Waals surface area contributed by atoms with Gasteiger partial charge >= 0.3 is 37.7 Å². The molecule has 0 bridgehead atoms. The van der Waals surface area contributed by atoms with Gasteiger partial charge in [-0.25, -0.2) is 8.42 Å². The number of hydrogen-bond acceptors (Lipinski definition) is 9. The Hall–Kier alpha value is -2.84. The summed E-state index contributed by atoms with van der Waals surface area (Å²) in [6, 6.07) is 21.3. The first-order valence-corrected chi connectivity index (χ1v) is 23.8. The molecule has 0 spiro atoms. The van der Waals surface area contributed by atoms with Crippen molar-refractivity contribution in [3.8, 4) is 34.5 Å². The molecule has 320 valence electrons. The van der Waals surface area contributed by atoms with Crippen molar-refractivity contribution < 1.29 is 45.6 Å². The molecule has 4 rings (SSSR count). The third-order valence-corrected chi connectivity index (χ3v) is 11.5. The molecule has 0 saturated heterocycles. The molecule has 0 unspecified atom stereocenters. The third kappa shape index (κ3) is 21.5. The van der Waals surface area contributed by atoms with E-state index in [0.717, 1.165) is 61.1 Å². The first-order valence-electron chi connectivity index (χ1n) is 20.9. The number of phenols is 1. The Morgan fingerprint density at radius 2 is 0.932 bits per heavy atom. The van der Waals surface area contributed by atoms with Crippen molar-refractivity contribution in [1.82, 2.24) is 0 Å². The molecule has 0 heterocycles. The van der Waals surface area contributed by atoms with Gasteiger partial charge < -0.3 is 24.2 Å². The Morgan fingerprint density at radius 3 is 1.36 bits per heavy atom. The van der Waals surface area contributed by atoms with Gasteiger partial charge in [0, 0.05) is 6.07 Å². The van der Waals surface area contributed by atoms with E-state index in [2.05, 4.69) is 13.8 Å². The van der Waals surface area contributed by atoms with Crippen molar-refractivity contribution in [1.29, 1.82) is 0 Å². The van der Waals surface area contributed by atoms with Crippen LogP contribution < -0.4 is 14.6 Å². The summed E-state index contributed by atoms with van der Waals surface area (Å²) in [5.41, 5.74) is 2.19. The van der Waals surface area contributed by atoms with Gasteiger partial charge in [0.05, 0.1) is 4.90 Å². The van der Waals surface area contributed by atoms with E-state index in [1.165, 1.54) is 115 Å². The van der Waals surface area contributed by atoms with Crippen LogP contribution in [0, 0.1) is 0 Å². The number of ether oxygens (including phenoxy) is 2. The Bertz CT molecular complexity index is 1870. The summed E-state index contributed by atoms with van der Waals surface area (Å²) in [5, 5.41) is 21.2. The number of hydrogen-bond donors (Lipinski definition) is 2. The molecule has 0 fully saturated rings. The summed E-state index contributed by atoms with van der Waals surface area (Å²) in [6.07, 6.45) is 24.7. The van der Waals surface area contributed by atoms with Crippen molar-refractivity contribution in [2.45, 2.75) is 152 Å². The zero-order valence-electron chi connectivity index (χ0n) is 34.9. The van der Waals surface area contributed by atoms with Gasteiger partial charge in [-0.1, -0.05) is 147 Å². The van der Waals surface area contributed by atoms with Crippen molar-refractivity contribution >= 4 is 58.0 Å². The summed E-state index contributed by atoms with van der Waals surface area (Å²) in [7, 11) is -9.17. The second-order valence-corrected chi connectivity index (χ2v) is 17.6. The molecule has 0 saturated carbocycles. The predicted molar refractivity (Wildman–Crippen MR) is 232 cm³/mol. The van der Waals surface area contributed by atoms with Crippen LogP contribution in [0.2, 0.25) is 0 Å². The van der Waals surface area contributed by atoms with E-state index in [9.17, 15) is 36.2 Å². The van der Waals surface area contributed by atoms with Gasteiger partial charge in [-0.05, 0) is 85.3 Å². The number of aromatic hydroxyl groups is 1. The first-order chi connectivity index (χ1) is 27.8. The molecule has 0 radical (unpaired) electrons. The van der Waals surface area contributed by atoms with Crippen molar-refractivity contribution in [3.63, 3.8) is 0 Å². The fourth-order valence-corrected chi connectivity index (χ4v) is 7.80. The number of rotatable bonds is 26. The molecule has 2 N–H and O–H groups in total. The van der Waals surface area contributed by atoms with Crippen LogP contribution in [0.5, 0.6) is 34.5 Å². The fourth-order valence-electron chi connectivity index (χ4n) is 6.63. The standard InChI is InChI=1S/2C23H32O5S.Ca/c2*1-2-3-4-5-6-7-8-9-10-12-19-13-11-14-21(17-19)28-22-18-20(24)15-16-23(22)29(25,26)27;/h2*11,13-18,24H,2-10,12H2,1H3,(H,25,26,27);/q;;+2/p-2. The number of unbranched alkanes of at least 4 members (excludes halogenated alkanes) is 16. The third-order valence-electron chi connectivity index (χ3n) is 9.78. The maximum absolute atomic E-state index is 11.6. The SMILES string of the molecule is CCCCCCCCCCCc1cccc(Oc2cc(O)ccc2S(=O)(=O)O)c1.CCCCCCCCCCCc1cccc(Oc2cc([O-])ccc2S(=O)(=O)[O-])c1.[Ca+2]. The van der Waals surface area contributed by atoms with Gasteiger partial charge in [0.25, 0.3) is 10.1 Å². The molecule has 0 atom stereocenters. The van der Waals surface area contributed by atoms with Crippen molar-refractivity contribution in [3.05, 3.63) is 96.1 Å². The minimum absolute atomic E-state index is 0. The zero-order chi connectivity index (χ0) is 42.2. The molecule has 59 heavy (non-hydrogen) atoms. The van der Waals surface area contributed by atoms with Gasteiger partial charge in [-0.15, -0.1) is 5.75 Å². The van der Waals surface area contributed by atoms with Crippen LogP contribution >= 0.6 is 0 Å². The summed E-state index contributed by atoms with van der Waals surface area (Å²) in [6.45, 7) is 4.46. The smallest absolute Gasteiger partial charge is 0.872 e. The van der Waals surface area contributed by atoms with Crippen LogP contribution in [0.4, 0.5) is 0 Å². The van der Waals surface area contributed by atoms with Gasteiger partial charge in [-0.3, -0.25) is 4.55 Å². The molecule has 0 aliphatic rings. The van der Waals surface area contributed by atoms with Gasteiger partial charge in [0.2, 0.25) is 0 Å². The average Bonchev–Trinajstić information content (AvgIpc) is 3.16. The molecule has 4 aromatic rings. The van der Waals surface area contributed by atoms with E-state index in [-0.39, 0.29) is 59.9 Å². The van der Waals surface area contributed by atoms with E-state index in [0.29, 0.717) is 11.5 Å². The summed E-state index contributed by atoms with van der Waals surface area (Å²) in [5.74, 6) is -0.0141. The zero-order valence-corrected chi connectivity index (χ0v) is 38.8. The van der Waals surface area contributed by atoms with Crippen LogP contribution in [-0.2, 0) is 33.1 Å². The van der Waals surface area contributed by atoms with Crippen LogP contribution in [0.25, 0.3) is 0 Å². The van der Waals surface area contributed by atoms with E-state index in [1.807, 2.05) is 36.4 Å². The van der Waals surface area contributed by atoms with Crippen LogP contribution in [0.15, 0.2) is 94.7 Å². The topological polar surface area (TPSA) is 173 Å². The predicted octanol–water partition coefficient (Wildman–Crippen LogP) is 11.7. The second-order valence-electron chi connectivity index (χ2n) is 14.8. The largest absolute Gasteiger partial charge is 2.00 e. The van der Waals surface area contributed by atoms with Gasteiger partial charge in [0.15, 0.2) is 5.75 Å². The Morgan fingerprint density at radius 1 is 0.525 bits per heavy atom. The average molecular weight is 879 g/mol. The van der Waals surface area contributed by atoms with E-state index >= 15 is 0 Å². The minimum atomic E-state index is -4.73. The van der Waals surface area contributed by atoms with Gasteiger partial charge in [0.1, 0.15) is 38.0 Å². The quantitative estimate of drug-likeness (QED) is 0.0351. The van der Waals surface area contributed by atoms with Gasteiger partial charge in [-0.2, -0.15) is 8.42 Å². The Balaban J connectivity index is 0.000000400. The number of aryl methyl sites for hydroxylation is 2. The number of phenolic OH excluding ortho intramolecular Hbond substituents is 1. The Labute approximate surface area is 383 Å². The van der Waals surface area contributed by atoms with Crippen LogP contribution in [0.3, 0.4) is 0 Å². The maximum Gasteiger partial charge on any atom is 2.00 e. The molecule has 0 amide bonds. The molecule has 0 aromatic heterocycles. The minimum Gasteiger partial charge on any atom is -0.872 e. The monoisotopic (exact) mass is 878 g/mol. The van der Waals surface area contributed by atoms with Crippen LogP contribution in [0.1, 0.15) is 141 Å². The summed E-state index contributed by atoms with van der Waals surface area (Å²) >= 11 is 0. The normalized spacial score (nSPS) is 11.3. The van der Waals surface area contributed by atoms with Crippen LogP contribution in [-0.4, -0.2) is 68.8 Å². The van der Waals surface area contributed by atoms with E-state index < -0.39 is 30.9 Å². The van der Waals surface area contributed by atoms with E-state index in [4.69, 9.17) is 9.47 Å². The summed E-state index contributed by atoms with van der Waals surface area (Å²) < 4.78 is 77.8. The van der Waals surface area contributed by atoms with Crippen molar-refractivity contribution in [2.24, 2.45) is 0 Å². The molecule has 10 nitrogen and oxygen atoms in total. The van der Waals surface area contributed by atoms with Crippen molar-refractivity contribution in [2.75, 3.05) is 0 Å². The Kier molecular flexibility index (Phi) is 25.4. The van der Waals surface area contributed by atoms with E-state index in [1.54, 1.807) is 12.1 Å². The molecule has 13 heteroatoms.